The first-order chi connectivity index (χ1) is 18.0. The Balaban J connectivity index is 3.52. The molecule has 1 atom stereocenters. The van der Waals surface area contributed by atoms with Crippen molar-refractivity contribution in [2.24, 2.45) is 0 Å². The number of aliphatic hydroxyl groups is 2. The average molecular weight is 535 g/mol. The van der Waals surface area contributed by atoms with E-state index in [1.165, 1.54) is 83.5 Å². The van der Waals surface area contributed by atoms with Crippen LogP contribution in [0.3, 0.4) is 0 Å². The molecular weight excluding hydrogens is 472 g/mol. The molecule has 0 aromatic carbocycles. The number of unbranched alkanes of at least 4 members (excludes halogenated alkanes) is 13. The molecular formula is C30H62O7. The van der Waals surface area contributed by atoms with Crippen molar-refractivity contribution in [3.8, 4) is 0 Å². The zero-order valence-electron chi connectivity index (χ0n) is 24.7. The van der Waals surface area contributed by atoms with E-state index >= 15 is 0 Å². The Kier molecular flexibility index (Phi) is 28.5. The minimum Gasteiger partial charge on any atom is -0.394 e. The third kappa shape index (κ3) is 28.5. The van der Waals surface area contributed by atoms with Gasteiger partial charge in [-0.05, 0) is 20.3 Å². The van der Waals surface area contributed by atoms with Crippen molar-refractivity contribution in [3.05, 3.63) is 0 Å². The predicted octanol–water partition coefficient (Wildman–Crippen LogP) is 6.07. The van der Waals surface area contributed by atoms with Gasteiger partial charge in [-0.1, -0.05) is 96.8 Å². The molecule has 0 aliphatic rings. The van der Waals surface area contributed by atoms with Crippen molar-refractivity contribution in [3.63, 3.8) is 0 Å². The number of aliphatic hydroxyl groups excluding tert-OH is 1. The van der Waals surface area contributed by atoms with E-state index in [1.807, 2.05) is 13.8 Å². The molecule has 7 heteroatoms. The Morgan fingerprint density at radius 3 is 1.24 bits per heavy atom. The topological polar surface area (TPSA) is 86.6 Å². The van der Waals surface area contributed by atoms with Gasteiger partial charge in [0, 0.05) is 0 Å². The second-order valence-electron chi connectivity index (χ2n) is 10.6. The van der Waals surface area contributed by atoms with Gasteiger partial charge in [-0.15, -0.1) is 0 Å². The van der Waals surface area contributed by atoms with Crippen LogP contribution in [-0.2, 0) is 23.7 Å². The van der Waals surface area contributed by atoms with Gasteiger partial charge in [0.05, 0.1) is 77.8 Å². The van der Waals surface area contributed by atoms with Gasteiger partial charge in [-0.25, -0.2) is 0 Å². The van der Waals surface area contributed by atoms with Crippen molar-refractivity contribution < 1.29 is 33.9 Å². The summed E-state index contributed by atoms with van der Waals surface area (Å²) in [5.41, 5.74) is -0.844. The highest BCUT2D eigenvalue weighted by Gasteiger charge is 2.26. The lowest BCUT2D eigenvalue weighted by Crippen LogP contribution is -2.39. The van der Waals surface area contributed by atoms with Crippen molar-refractivity contribution in [1.29, 1.82) is 0 Å². The van der Waals surface area contributed by atoms with Crippen LogP contribution in [0.4, 0.5) is 0 Å². The van der Waals surface area contributed by atoms with Gasteiger partial charge in [0.2, 0.25) is 0 Å². The Hall–Kier alpha value is -0.280. The zero-order chi connectivity index (χ0) is 27.3. The van der Waals surface area contributed by atoms with Gasteiger partial charge in [-0.2, -0.15) is 0 Å². The Bertz CT molecular complexity index is 397. The number of hydrogen-bond donors (Lipinski definition) is 2. The summed E-state index contributed by atoms with van der Waals surface area (Å²) < 4.78 is 27.5. The van der Waals surface area contributed by atoms with E-state index in [4.69, 9.17) is 28.8 Å². The first kappa shape index (κ1) is 36.7. The molecule has 7 nitrogen and oxygen atoms in total. The molecule has 0 saturated carbocycles. The van der Waals surface area contributed by atoms with Gasteiger partial charge in [0.1, 0.15) is 0 Å². The summed E-state index contributed by atoms with van der Waals surface area (Å²) in [6.45, 7) is 10.3. The van der Waals surface area contributed by atoms with Gasteiger partial charge < -0.3 is 33.9 Å². The molecule has 0 amide bonds. The largest absolute Gasteiger partial charge is 0.394 e. The fourth-order valence-electron chi connectivity index (χ4n) is 4.24. The van der Waals surface area contributed by atoms with E-state index in [0.717, 1.165) is 12.8 Å². The lowest BCUT2D eigenvalue weighted by Gasteiger charge is -2.29. The Morgan fingerprint density at radius 2 is 0.865 bits per heavy atom. The van der Waals surface area contributed by atoms with E-state index in [0.29, 0.717) is 59.5 Å². The Labute approximate surface area is 228 Å². The molecule has 37 heavy (non-hydrogen) atoms. The molecule has 0 aliphatic carbocycles. The van der Waals surface area contributed by atoms with Crippen LogP contribution in [0.1, 0.15) is 117 Å². The van der Waals surface area contributed by atoms with Gasteiger partial charge in [-0.3, -0.25) is 0 Å². The number of ether oxygens (including phenoxy) is 5. The second-order valence-corrected chi connectivity index (χ2v) is 10.6. The molecule has 0 aromatic rings. The normalized spacial score (nSPS) is 12.9. The molecule has 0 bridgehead atoms. The zero-order valence-corrected chi connectivity index (χ0v) is 24.7. The summed E-state index contributed by atoms with van der Waals surface area (Å²) in [7, 11) is 0. The summed E-state index contributed by atoms with van der Waals surface area (Å²) in [5.74, 6) is 0. The van der Waals surface area contributed by atoms with E-state index in [-0.39, 0.29) is 12.7 Å². The van der Waals surface area contributed by atoms with Gasteiger partial charge in [0.25, 0.3) is 0 Å². The first-order valence-electron chi connectivity index (χ1n) is 15.3. The SMILES string of the molecule is CCCCCCCCCCCCCCCCC(OCCOCCOCCOCCOCCO)C(C)(C)O. The van der Waals surface area contributed by atoms with Crippen molar-refractivity contribution in [2.75, 3.05) is 66.1 Å². The summed E-state index contributed by atoms with van der Waals surface area (Å²) in [6, 6.07) is 0. The summed E-state index contributed by atoms with van der Waals surface area (Å²) in [4.78, 5) is 0. The molecule has 0 saturated heterocycles. The minimum atomic E-state index is -0.844. The maximum atomic E-state index is 10.5. The van der Waals surface area contributed by atoms with Gasteiger partial charge in [0.15, 0.2) is 0 Å². The maximum Gasteiger partial charge on any atom is 0.0857 e. The molecule has 224 valence electrons. The standard InChI is InChI=1S/C30H62O7/c1-4-5-6-7-8-9-10-11-12-13-14-15-16-17-18-29(30(2,3)32)37-28-27-36-26-25-35-24-23-34-22-21-33-20-19-31/h29,31-32H,4-28H2,1-3H3. The third-order valence-electron chi connectivity index (χ3n) is 6.51. The molecule has 0 rings (SSSR count). The van der Waals surface area contributed by atoms with Crippen molar-refractivity contribution in [2.45, 2.75) is 129 Å². The fraction of sp³-hybridized carbons (Fsp3) is 1.00. The predicted molar refractivity (Wildman–Crippen MR) is 151 cm³/mol. The Morgan fingerprint density at radius 1 is 0.514 bits per heavy atom. The molecule has 0 heterocycles. The average Bonchev–Trinajstić information content (AvgIpc) is 2.87. The highest BCUT2D eigenvalue weighted by atomic mass is 16.6. The monoisotopic (exact) mass is 534 g/mol. The maximum absolute atomic E-state index is 10.5. The van der Waals surface area contributed by atoms with Crippen LogP contribution < -0.4 is 0 Å². The quantitative estimate of drug-likeness (QED) is 0.104. The van der Waals surface area contributed by atoms with E-state index in [1.54, 1.807) is 0 Å². The highest BCUT2D eigenvalue weighted by Crippen LogP contribution is 2.20. The molecule has 0 aliphatic heterocycles. The number of rotatable bonds is 31. The fourth-order valence-corrected chi connectivity index (χ4v) is 4.24. The van der Waals surface area contributed by atoms with Crippen molar-refractivity contribution >= 4 is 0 Å². The van der Waals surface area contributed by atoms with Gasteiger partial charge >= 0.3 is 0 Å². The van der Waals surface area contributed by atoms with E-state index in [9.17, 15) is 5.11 Å². The molecule has 2 N–H and O–H groups in total. The van der Waals surface area contributed by atoms with Crippen LogP contribution in [0.15, 0.2) is 0 Å². The molecule has 0 radical (unpaired) electrons. The van der Waals surface area contributed by atoms with Crippen LogP contribution >= 0.6 is 0 Å². The summed E-state index contributed by atoms with van der Waals surface area (Å²) in [6.07, 6.45) is 19.6. The van der Waals surface area contributed by atoms with Crippen LogP contribution in [0.5, 0.6) is 0 Å². The van der Waals surface area contributed by atoms with Crippen molar-refractivity contribution in [1.82, 2.24) is 0 Å². The van der Waals surface area contributed by atoms with Crippen LogP contribution in [-0.4, -0.2) is 88.0 Å². The van der Waals surface area contributed by atoms with E-state index < -0.39 is 5.60 Å². The summed E-state index contributed by atoms with van der Waals surface area (Å²) in [5, 5.41) is 19.1. The van der Waals surface area contributed by atoms with Crippen LogP contribution in [0.2, 0.25) is 0 Å². The molecule has 1 unspecified atom stereocenters. The smallest absolute Gasteiger partial charge is 0.0857 e. The molecule has 0 fully saturated rings. The molecule has 0 spiro atoms. The lowest BCUT2D eigenvalue weighted by molar-refractivity contribution is -0.104. The molecule has 0 aromatic heterocycles. The van der Waals surface area contributed by atoms with Crippen LogP contribution in [0.25, 0.3) is 0 Å². The van der Waals surface area contributed by atoms with Crippen LogP contribution in [0, 0.1) is 0 Å². The second kappa shape index (κ2) is 28.7. The van der Waals surface area contributed by atoms with E-state index in [2.05, 4.69) is 6.92 Å². The number of hydrogen-bond acceptors (Lipinski definition) is 7. The third-order valence-corrected chi connectivity index (χ3v) is 6.51. The summed E-state index contributed by atoms with van der Waals surface area (Å²) >= 11 is 0. The lowest BCUT2D eigenvalue weighted by atomic mass is 9.95. The first-order valence-corrected chi connectivity index (χ1v) is 15.3. The minimum absolute atomic E-state index is 0.0338. The highest BCUT2D eigenvalue weighted by molar-refractivity contribution is 4.78.